The molecule has 6 heteroatoms. The van der Waals surface area contributed by atoms with Crippen molar-refractivity contribution in [3.8, 4) is 0 Å². The number of nitrogens with zero attached hydrogens (tertiary/aromatic N) is 3. The molecule has 2 aromatic carbocycles. The molecule has 3 aromatic rings. The Hall–Kier alpha value is -3.80. The largest absolute Gasteiger partial charge is 0.492 e. The Balaban J connectivity index is 1.68. The molecular weight excluding hydrogens is 436 g/mol. The van der Waals surface area contributed by atoms with Crippen molar-refractivity contribution in [1.29, 1.82) is 0 Å². The lowest BCUT2D eigenvalue weighted by atomic mass is 9.91. The first-order valence-electron chi connectivity index (χ1n) is 12.1. The van der Waals surface area contributed by atoms with E-state index < -0.39 is 5.54 Å². The SMILES string of the molecule is C=C(OCC)c1cc2n(n1)CC(C)(C(=C)NCc1ccccc1)N(Cc1cccc(CC)c1)C2=O. The Kier molecular flexibility index (Phi) is 7.10. The molecule has 0 spiro atoms. The number of benzene rings is 2. The van der Waals surface area contributed by atoms with Gasteiger partial charge in [-0.25, -0.2) is 0 Å². The number of fused-ring (bicyclic) bond motifs is 1. The topological polar surface area (TPSA) is 59.4 Å². The van der Waals surface area contributed by atoms with Crippen LogP contribution in [0.4, 0.5) is 0 Å². The molecule has 1 amide bonds. The third-order valence-electron chi connectivity index (χ3n) is 6.64. The highest BCUT2D eigenvalue weighted by Crippen LogP contribution is 2.34. The number of rotatable bonds is 10. The van der Waals surface area contributed by atoms with E-state index in [1.165, 1.54) is 5.56 Å². The third-order valence-corrected chi connectivity index (χ3v) is 6.64. The van der Waals surface area contributed by atoms with Gasteiger partial charge in [-0.2, -0.15) is 5.10 Å². The number of amides is 1. The van der Waals surface area contributed by atoms with E-state index in [-0.39, 0.29) is 5.91 Å². The van der Waals surface area contributed by atoms with Gasteiger partial charge in [-0.15, -0.1) is 0 Å². The van der Waals surface area contributed by atoms with Crippen molar-refractivity contribution in [3.05, 3.63) is 108 Å². The van der Waals surface area contributed by atoms with Gasteiger partial charge in [-0.1, -0.05) is 74.7 Å². The molecule has 0 fully saturated rings. The summed E-state index contributed by atoms with van der Waals surface area (Å²) in [4.78, 5) is 15.8. The molecule has 0 aliphatic carbocycles. The fourth-order valence-electron chi connectivity index (χ4n) is 4.46. The van der Waals surface area contributed by atoms with E-state index in [9.17, 15) is 4.79 Å². The number of carbonyl (C=O) groups excluding carboxylic acids is 1. The van der Waals surface area contributed by atoms with Crippen LogP contribution in [-0.2, 0) is 30.8 Å². The van der Waals surface area contributed by atoms with E-state index in [2.05, 4.69) is 73.8 Å². The second-order valence-electron chi connectivity index (χ2n) is 9.09. The van der Waals surface area contributed by atoms with Crippen molar-refractivity contribution in [3.63, 3.8) is 0 Å². The number of aryl methyl sites for hydroxylation is 1. The van der Waals surface area contributed by atoms with Crippen molar-refractivity contribution in [2.45, 2.75) is 52.4 Å². The van der Waals surface area contributed by atoms with Crippen LogP contribution < -0.4 is 5.32 Å². The highest BCUT2D eigenvalue weighted by molar-refractivity contribution is 5.95. The Bertz CT molecular complexity index is 1230. The highest BCUT2D eigenvalue weighted by atomic mass is 16.5. The summed E-state index contributed by atoms with van der Waals surface area (Å²) in [6.07, 6.45) is 0.945. The summed E-state index contributed by atoms with van der Waals surface area (Å²) in [6.45, 7) is 16.5. The minimum atomic E-state index is -0.697. The van der Waals surface area contributed by atoms with Crippen LogP contribution in [-0.4, -0.2) is 32.7 Å². The second-order valence-corrected chi connectivity index (χ2v) is 9.09. The Morgan fingerprint density at radius 1 is 1.06 bits per heavy atom. The molecule has 1 aliphatic heterocycles. The van der Waals surface area contributed by atoms with Gasteiger partial charge < -0.3 is 15.0 Å². The number of ether oxygens (including phenoxy) is 1. The van der Waals surface area contributed by atoms with Gasteiger partial charge in [0.15, 0.2) is 0 Å². The van der Waals surface area contributed by atoms with E-state index in [4.69, 9.17) is 4.74 Å². The average molecular weight is 471 g/mol. The molecule has 1 unspecified atom stereocenters. The second kappa shape index (κ2) is 10.2. The Morgan fingerprint density at radius 2 is 1.77 bits per heavy atom. The summed E-state index contributed by atoms with van der Waals surface area (Å²) in [5.74, 6) is 0.374. The summed E-state index contributed by atoms with van der Waals surface area (Å²) < 4.78 is 7.31. The van der Waals surface area contributed by atoms with Crippen LogP contribution in [0.5, 0.6) is 0 Å². The lowest BCUT2D eigenvalue weighted by molar-refractivity contribution is 0.0398. The van der Waals surface area contributed by atoms with Crippen LogP contribution in [0.1, 0.15) is 53.6 Å². The summed E-state index contributed by atoms with van der Waals surface area (Å²) in [5.41, 5.74) is 4.67. The number of nitrogens with one attached hydrogen (secondary N) is 1. The summed E-state index contributed by atoms with van der Waals surface area (Å²) in [7, 11) is 0. The van der Waals surface area contributed by atoms with Crippen LogP contribution in [0.2, 0.25) is 0 Å². The lowest BCUT2D eigenvalue weighted by Gasteiger charge is -2.46. The van der Waals surface area contributed by atoms with Gasteiger partial charge >= 0.3 is 0 Å². The number of carbonyl (C=O) groups is 1. The van der Waals surface area contributed by atoms with E-state index in [1.807, 2.05) is 30.0 Å². The number of aromatic nitrogens is 2. The molecular formula is C29H34N4O2. The van der Waals surface area contributed by atoms with Crippen molar-refractivity contribution >= 4 is 11.7 Å². The fourth-order valence-corrected chi connectivity index (χ4v) is 4.46. The van der Waals surface area contributed by atoms with Crippen molar-refractivity contribution in [2.75, 3.05) is 6.61 Å². The molecule has 182 valence electrons. The van der Waals surface area contributed by atoms with E-state index in [0.717, 1.165) is 23.2 Å². The maximum atomic E-state index is 13.9. The summed E-state index contributed by atoms with van der Waals surface area (Å²) in [5, 5.41) is 8.14. The van der Waals surface area contributed by atoms with Gasteiger partial charge in [0.05, 0.1) is 18.7 Å². The van der Waals surface area contributed by atoms with Crippen molar-refractivity contribution in [2.24, 2.45) is 0 Å². The third kappa shape index (κ3) is 5.02. The standard InChI is InChI=1S/C29H34N4O2/c1-6-23-14-11-15-25(16-23)19-32-28(34)27-17-26(21(3)35-7-2)31-33(27)20-29(32,5)22(4)30-18-24-12-9-8-10-13-24/h8-17,30H,3-4,6-7,18-20H2,1-2,5H3. The first-order chi connectivity index (χ1) is 16.9. The van der Waals surface area contributed by atoms with Gasteiger partial charge in [0.2, 0.25) is 0 Å². The molecule has 1 aliphatic rings. The van der Waals surface area contributed by atoms with Gasteiger partial charge in [0.1, 0.15) is 17.1 Å². The first kappa shape index (κ1) is 24.3. The predicted molar refractivity (Wildman–Crippen MR) is 139 cm³/mol. The molecule has 2 heterocycles. The van der Waals surface area contributed by atoms with Crippen LogP contribution in [0.25, 0.3) is 5.76 Å². The lowest BCUT2D eigenvalue weighted by Crippen LogP contribution is -2.59. The highest BCUT2D eigenvalue weighted by Gasteiger charge is 2.45. The van der Waals surface area contributed by atoms with Gasteiger partial charge in [-0.3, -0.25) is 9.48 Å². The normalized spacial score (nSPS) is 17.1. The zero-order valence-electron chi connectivity index (χ0n) is 20.9. The molecule has 0 radical (unpaired) electrons. The minimum Gasteiger partial charge on any atom is -0.492 e. The molecule has 4 rings (SSSR count). The molecule has 1 N–H and O–H groups in total. The number of hydrogen-bond donors (Lipinski definition) is 1. The summed E-state index contributed by atoms with van der Waals surface area (Å²) >= 11 is 0. The van der Waals surface area contributed by atoms with Gasteiger partial charge in [0, 0.05) is 24.9 Å². The molecule has 0 saturated carbocycles. The van der Waals surface area contributed by atoms with Crippen LogP contribution in [0, 0.1) is 0 Å². The monoisotopic (exact) mass is 470 g/mol. The van der Waals surface area contributed by atoms with E-state index in [1.54, 1.807) is 10.7 Å². The molecule has 1 atom stereocenters. The molecule has 6 nitrogen and oxygen atoms in total. The van der Waals surface area contributed by atoms with Crippen LogP contribution in [0.3, 0.4) is 0 Å². The molecule has 1 aromatic heterocycles. The van der Waals surface area contributed by atoms with Crippen molar-refractivity contribution in [1.82, 2.24) is 20.0 Å². The quantitative estimate of drug-likeness (QED) is 0.415. The van der Waals surface area contributed by atoms with Gasteiger partial charge in [0.25, 0.3) is 5.91 Å². The minimum absolute atomic E-state index is 0.0913. The zero-order valence-corrected chi connectivity index (χ0v) is 20.9. The molecule has 35 heavy (non-hydrogen) atoms. The van der Waals surface area contributed by atoms with Crippen molar-refractivity contribution < 1.29 is 9.53 Å². The maximum Gasteiger partial charge on any atom is 0.273 e. The smallest absolute Gasteiger partial charge is 0.273 e. The van der Waals surface area contributed by atoms with Gasteiger partial charge in [-0.05, 0) is 37.0 Å². The van der Waals surface area contributed by atoms with Crippen LogP contribution in [0.15, 0.2) is 79.5 Å². The first-order valence-corrected chi connectivity index (χ1v) is 12.1. The molecule has 0 saturated heterocycles. The number of hydrogen-bond acceptors (Lipinski definition) is 4. The zero-order chi connectivity index (χ0) is 25.0. The maximum absolute atomic E-state index is 13.9. The van der Waals surface area contributed by atoms with Crippen LogP contribution >= 0.6 is 0 Å². The van der Waals surface area contributed by atoms with E-state index in [0.29, 0.717) is 43.4 Å². The predicted octanol–water partition coefficient (Wildman–Crippen LogP) is 5.17. The Labute approximate surface area is 207 Å². The summed E-state index contributed by atoms with van der Waals surface area (Å²) in [6, 6.07) is 20.3. The van der Waals surface area contributed by atoms with E-state index >= 15 is 0 Å². The molecule has 0 bridgehead atoms. The Morgan fingerprint density at radius 3 is 2.49 bits per heavy atom. The fraction of sp³-hybridized carbons (Fsp3) is 0.310. The average Bonchev–Trinajstić information content (AvgIpc) is 3.30.